The smallest absolute Gasteiger partial charge is 0.408 e. The second-order valence-electron chi connectivity index (χ2n) is 6.75. The van der Waals surface area contributed by atoms with E-state index in [1.807, 2.05) is 0 Å². The Kier molecular flexibility index (Phi) is 5.83. The molecule has 0 spiro atoms. The maximum absolute atomic E-state index is 12.6. The average molecular weight is 335 g/mol. The summed E-state index contributed by atoms with van der Waals surface area (Å²) in [4.78, 5) is 22.7. The standard InChI is InChI=1S/C14H25NO6S/c1-13(2,3)21-12(18)15-10-22(19,20)14(9-11(16)17)7-5-4-6-8-14/h4-10H2,1-3H3,(H,15,18)(H,16,17). The molecule has 8 heteroatoms. The summed E-state index contributed by atoms with van der Waals surface area (Å²) in [6, 6.07) is 0. The van der Waals surface area contributed by atoms with Gasteiger partial charge in [0.2, 0.25) is 0 Å². The largest absolute Gasteiger partial charge is 0.481 e. The average Bonchev–Trinajstić information content (AvgIpc) is 2.34. The molecule has 1 amide bonds. The lowest BCUT2D eigenvalue weighted by Gasteiger charge is -2.35. The van der Waals surface area contributed by atoms with Crippen LogP contribution in [0, 0.1) is 0 Å². The molecule has 0 aromatic heterocycles. The van der Waals surface area contributed by atoms with Gasteiger partial charge in [-0.3, -0.25) is 4.79 Å². The summed E-state index contributed by atoms with van der Waals surface area (Å²) in [6.45, 7) is 5.02. The van der Waals surface area contributed by atoms with Crippen molar-refractivity contribution in [3.63, 3.8) is 0 Å². The first-order valence-corrected chi connectivity index (χ1v) is 9.04. The van der Waals surface area contributed by atoms with Crippen LogP contribution in [0.25, 0.3) is 0 Å². The number of amides is 1. The van der Waals surface area contributed by atoms with Gasteiger partial charge in [0.05, 0.1) is 11.2 Å². The van der Waals surface area contributed by atoms with Gasteiger partial charge in [0.1, 0.15) is 11.5 Å². The Morgan fingerprint density at radius 3 is 2.18 bits per heavy atom. The maximum atomic E-state index is 12.6. The molecule has 7 nitrogen and oxygen atoms in total. The highest BCUT2D eigenvalue weighted by atomic mass is 32.2. The van der Waals surface area contributed by atoms with E-state index >= 15 is 0 Å². The Hall–Kier alpha value is -1.31. The van der Waals surface area contributed by atoms with E-state index < -0.39 is 44.5 Å². The summed E-state index contributed by atoms with van der Waals surface area (Å²) >= 11 is 0. The minimum Gasteiger partial charge on any atom is -0.481 e. The quantitative estimate of drug-likeness (QED) is 0.796. The van der Waals surface area contributed by atoms with Gasteiger partial charge in [0.25, 0.3) is 0 Å². The Morgan fingerprint density at radius 1 is 1.18 bits per heavy atom. The number of ether oxygens (including phenoxy) is 1. The molecule has 2 N–H and O–H groups in total. The van der Waals surface area contributed by atoms with E-state index in [0.29, 0.717) is 25.7 Å². The molecule has 0 atom stereocenters. The number of hydrogen-bond donors (Lipinski definition) is 2. The van der Waals surface area contributed by atoms with Crippen molar-refractivity contribution >= 4 is 21.9 Å². The topological polar surface area (TPSA) is 110 Å². The van der Waals surface area contributed by atoms with Crippen LogP contribution in [0.1, 0.15) is 59.3 Å². The number of nitrogens with one attached hydrogen (secondary N) is 1. The molecule has 128 valence electrons. The molecule has 22 heavy (non-hydrogen) atoms. The highest BCUT2D eigenvalue weighted by Crippen LogP contribution is 2.38. The number of carboxylic acids is 1. The van der Waals surface area contributed by atoms with Crippen LogP contribution in [0.5, 0.6) is 0 Å². The first-order valence-electron chi connectivity index (χ1n) is 7.38. The van der Waals surface area contributed by atoms with E-state index in [4.69, 9.17) is 9.84 Å². The van der Waals surface area contributed by atoms with Gasteiger partial charge in [-0.2, -0.15) is 0 Å². The van der Waals surface area contributed by atoms with Crippen molar-refractivity contribution in [2.45, 2.75) is 69.6 Å². The molecule has 0 radical (unpaired) electrons. The van der Waals surface area contributed by atoms with Crippen LogP contribution in [0.15, 0.2) is 0 Å². The molecule has 0 aliphatic heterocycles. The lowest BCUT2D eigenvalue weighted by Crippen LogP contribution is -2.48. The molecule has 0 bridgehead atoms. The van der Waals surface area contributed by atoms with Gasteiger partial charge in [0.15, 0.2) is 9.84 Å². The van der Waals surface area contributed by atoms with Crippen LogP contribution in [-0.2, 0) is 19.4 Å². The number of carbonyl (C=O) groups excluding carboxylic acids is 1. The number of rotatable bonds is 5. The molecule has 0 aromatic rings. The number of alkyl carbamates (subject to hydrolysis) is 1. The summed E-state index contributed by atoms with van der Waals surface area (Å²) in [6.07, 6.45) is 1.65. The van der Waals surface area contributed by atoms with Crippen molar-refractivity contribution < 1.29 is 27.9 Å². The van der Waals surface area contributed by atoms with E-state index in [2.05, 4.69) is 5.32 Å². The second-order valence-corrected chi connectivity index (χ2v) is 9.14. The van der Waals surface area contributed by atoms with Crippen molar-refractivity contribution in [2.75, 3.05) is 5.88 Å². The fraction of sp³-hybridized carbons (Fsp3) is 0.857. The zero-order valence-electron chi connectivity index (χ0n) is 13.3. The minimum absolute atomic E-state index is 0.317. The summed E-state index contributed by atoms with van der Waals surface area (Å²) in [5.74, 6) is -1.74. The van der Waals surface area contributed by atoms with Crippen molar-refractivity contribution in [2.24, 2.45) is 0 Å². The number of sulfone groups is 1. The molecule has 1 saturated carbocycles. The first kappa shape index (κ1) is 18.7. The van der Waals surface area contributed by atoms with Crippen LogP contribution in [0.2, 0.25) is 0 Å². The van der Waals surface area contributed by atoms with E-state index in [0.717, 1.165) is 6.42 Å². The van der Waals surface area contributed by atoms with Gasteiger partial charge in [-0.15, -0.1) is 0 Å². The van der Waals surface area contributed by atoms with Crippen LogP contribution in [-0.4, -0.2) is 41.8 Å². The highest BCUT2D eigenvalue weighted by molar-refractivity contribution is 7.92. The Balaban J connectivity index is 2.80. The number of carboxylic acid groups (broad SMARTS) is 1. The number of hydrogen-bond acceptors (Lipinski definition) is 5. The SMILES string of the molecule is CC(C)(C)OC(=O)NCS(=O)(=O)C1(CC(=O)O)CCCCC1. The van der Waals surface area contributed by atoms with Gasteiger partial charge in [0, 0.05) is 0 Å². The van der Waals surface area contributed by atoms with Gasteiger partial charge < -0.3 is 15.2 Å². The van der Waals surface area contributed by atoms with Crippen LogP contribution >= 0.6 is 0 Å². The zero-order valence-corrected chi connectivity index (χ0v) is 14.2. The van der Waals surface area contributed by atoms with E-state index in [-0.39, 0.29) is 0 Å². The highest BCUT2D eigenvalue weighted by Gasteiger charge is 2.46. The third-order valence-corrected chi connectivity index (χ3v) is 6.10. The van der Waals surface area contributed by atoms with E-state index in [1.165, 1.54) is 0 Å². The van der Waals surface area contributed by atoms with Crippen molar-refractivity contribution in [1.82, 2.24) is 5.32 Å². The molecular weight excluding hydrogens is 310 g/mol. The second kappa shape index (κ2) is 6.85. The monoisotopic (exact) mass is 335 g/mol. The van der Waals surface area contributed by atoms with Crippen molar-refractivity contribution in [3.8, 4) is 0 Å². The summed E-state index contributed by atoms with van der Waals surface area (Å²) in [7, 11) is -3.78. The lowest BCUT2D eigenvalue weighted by atomic mass is 9.86. The lowest BCUT2D eigenvalue weighted by molar-refractivity contribution is -0.137. The van der Waals surface area contributed by atoms with E-state index in [9.17, 15) is 18.0 Å². The fourth-order valence-corrected chi connectivity index (χ4v) is 4.56. The van der Waals surface area contributed by atoms with Crippen LogP contribution in [0.3, 0.4) is 0 Å². The minimum atomic E-state index is -3.78. The Bertz CT molecular complexity index is 514. The van der Waals surface area contributed by atoms with Gasteiger partial charge in [-0.1, -0.05) is 19.3 Å². The summed E-state index contributed by atoms with van der Waals surface area (Å²) in [5, 5.41) is 11.3. The number of carbonyl (C=O) groups is 2. The van der Waals surface area contributed by atoms with E-state index in [1.54, 1.807) is 20.8 Å². The predicted octanol–water partition coefficient (Wildman–Crippen LogP) is 2.06. The summed E-state index contributed by atoms with van der Waals surface area (Å²) < 4.78 is 28.9. The molecule has 0 aromatic carbocycles. The third kappa shape index (κ3) is 5.15. The molecule has 0 heterocycles. The normalized spacial score (nSPS) is 18.5. The van der Waals surface area contributed by atoms with Crippen molar-refractivity contribution in [1.29, 1.82) is 0 Å². The van der Waals surface area contributed by atoms with Gasteiger partial charge in [-0.25, -0.2) is 13.2 Å². The number of aliphatic carboxylic acids is 1. The maximum Gasteiger partial charge on any atom is 0.408 e. The van der Waals surface area contributed by atoms with Gasteiger partial charge >= 0.3 is 12.1 Å². The van der Waals surface area contributed by atoms with Crippen LogP contribution < -0.4 is 5.32 Å². The fourth-order valence-electron chi connectivity index (χ4n) is 2.69. The first-order chi connectivity index (χ1) is 9.97. The molecule has 0 saturated heterocycles. The molecule has 1 rings (SSSR count). The molecule has 1 fully saturated rings. The van der Waals surface area contributed by atoms with Gasteiger partial charge in [-0.05, 0) is 33.6 Å². The third-order valence-electron chi connectivity index (χ3n) is 3.70. The molecular formula is C14H25NO6S. The predicted molar refractivity (Wildman–Crippen MR) is 81.2 cm³/mol. The molecule has 1 aliphatic carbocycles. The molecule has 1 aliphatic rings. The summed E-state index contributed by atoms with van der Waals surface area (Å²) in [5.41, 5.74) is -0.725. The Labute approximate surface area is 131 Å². The zero-order chi connectivity index (χ0) is 17.0. The Morgan fingerprint density at radius 2 is 1.73 bits per heavy atom. The van der Waals surface area contributed by atoms with Crippen molar-refractivity contribution in [3.05, 3.63) is 0 Å². The molecule has 0 unspecified atom stereocenters. The van der Waals surface area contributed by atoms with Crippen LogP contribution in [0.4, 0.5) is 4.79 Å².